The molecule has 4 bridgehead atoms. The number of aromatic nitrogens is 3. The van der Waals surface area contributed by atoms with Crippen molar-refractivity contribution < 1.29 is 0 Å². The molecule has 6 aliphatic carbocycles. The van der Waals surface area contributed by atoms with E-state index in [2.05, 4.69) is 201 Å². The van der Waals surface area contributed by atoms with Crippen molar-refractivity contribution in [1.82, 2.24) is 15.0 Å². The Labute approximate surface area is 416 Å². The van der Waals surface area contributed by atoms with Crippen LogP contribution in [-0.4, -0.2) is 15.0 Å². The average Bonchev–Trinajstić information content (AvgIpc) is 3.71. The summed E-state index contributed by atoms with van der Waals surface area (Å²) in [7, 11) is 0. The molecule has 4 fully saturated rings. The number of hydrogen-bond acceptors (Lipinski definition) is 3. The molecular weight excluding hydrogens is 859 g/mol. The molecule has 0 amide bonds. The molecule has 338 valence electrons. The van der Waals surface area contributed by atoms with E-state index in [-0.39, 0.29) is 5.41 Å². The second-order valence-corrected chi connectivity index (χ2v) is 21.2. The largest absolute Gasteiger partial charge is 0.208 e. The van der Waals surface area contributed by atoms with Crippen LogP contribution < -0.4 is 0 Å². The van der Waals surface area contributed by atoms with Gasteiger partial charge in [0.05, 0.1) is 0 Å². The van der Waals surface area contributed by atoms with Crippen LogP contribution >= 0.6 is 0 Å². The molecule has 0 atom stereocenters. The maximum atomic E-state index is 5.33. The first-order valence-electron chi connectivity index (χ1n) is 25.8. The number of hydrogen-bond donors (Lipinski definition) is 0. The summed E-state index contributed by atoms with van der Waals surface area (Å²) in [6, 6.07) is 76.5. The molecule has 3 heteroatoms. The molecule has 71 heavy (non-hydrogen) atoms. The normalized spacial score (nSPS) is 20.5. The predicted octanol–water partition coefficient (Wildman–Crippen LogP) is 17.2. The first-order valence-corrected chi connectivity index (χ1v) is 25.8. The molecule has 9 aromatic carbocycles. The molecule has 1 heterocycles. The van der Waals surface area contributed by atoms with Gasteiger partial charge in [0, 0.05) is 22.1 Å². The third-order valence-electron chi connectivity index (χ3n) is 17.3. The van der Waals surface area contributed by atoms with Crippen LogP contribution in [0.25, 0.3) is 112 Å². The Kier molecular flexibility index (Phi) is 9.06. The molecule has 10 aromatic rings. The molecule has 16 rings (SSSR count). The van der Waals surface area contributed by atoms with Crippen LogP contribution in [0.15, 0.2) is 206 Å². The van der Waals surface area contributed by atoms with Crippen molar-refractivity contribution in [2.24, 2.45) is 23.7 Å². The molecule has 4 saturated carbocycles. The average molecular weight is 910 g/mol. The molecule has 0 radical (unpaired) electrons. The minimum absolute atomic E-state index is 0.0592. The number of fused-ring (bicyclic) bond motifs is 11. The smallest absolute Gasteiger partial charge is 0.164 e. The number of benzene rings is 9. The van der Waals surface area contributed by atoms with Gasteiger partial charge in [0.15, 0.2) is 17.5 Å². The molecule has 0 unspecified atom stereocenters. The van der Waals surface area contributed by atoms with Crippen molar-refractivity contribution >= 4 is 0 Å². The van der Waals surface area contributed by atoms with E-state index in [9.17, 15) is 0 Å². The maximum Gasteiger partial charge on any atom is 0.164 e. The monoisotopic (exact) mass is 909 g/mol. The van der Waals surface area contributed by atoms with Gasteiger partial charge in [-0.25, -0.2) is 15.0 Å². The van der Waals surface area contributed by atoms with Gasteiger partial charge in [0.2, 0.25) is 0 Å². The van der Waals surface area contributed by atoms with E-state index in [4.69, 9.17) is 15.0 Å². The number of aryl methyl sites for hydroxylation is 1. The fourth-order valence-corrected chi connectivity index (χ4v) is 14.6. The number of nitrogens with zero attached hydrogens (tertiary/aromatic N) is 3. The Morgan fingerprint density at radius 3 is 1.24 bits per heavy atom. The fourth-order valence-electron chi connectivity index (χ4n) is 14.6. The standard InChI is InChI=1S/C68H51N3/c1-41-24-29-63-62(30-41)60-28-26-47(40-64(60)68(63)51-32-42-31-43(34-51)35-52(68)33-42)49-36-48(37-50(38-49)67-70-65(44-14-4-2-5-15-44)69-66(71-67)45-16-6-3-7-17-45)46-25-27-59-57-22-11-10-20-55(57)53-18-8-9-19-54(53)56-21-12-13-23-58(56)61(59)39-46/h2-30,36-40,42-43,51-52H,31-35H2,1H3. The van der Waals surface area contributed by atoms with Crippen LogP contribution in [0.5, 0.6) is 0 Å². The molecule has 3 nitrogen and oxygen atoms in total. The Morgan fingerprint density at radius 1 is 0.296 bits per heavy atom. The van der Waals surface area contributed by atoms with Gasteiger partial charge in [0.25, 0.3) is 0 Å². The van der Waals surface area contributed by atoms with Crippen LogP contribution in [0, 0.1) is 30.6 Å². The highest BCUT2D eigenvalue weighted by Gasteiger charge is 2.61. The van der Waals surface area contributed by atoms with Gasteiger partial charge in [-0.1, -0.05) is 181 Å². The van der Waals surface area contributed by atoms with Gasteiger partial charge >= 0.3 is 0 Å². The van der Waals surface area contributed by atoms with Crippen molar-refractivity contribution in [3.8, 4) is 112 Å². The van der Waals surface area contributed by atoms with Crippen molar-refractivity contribution in [1.29, 1.82) is 0 Å². The topological polar surface area (TPSA) is 38.7 Å². The second kappa shape index (κ2) is 15.8. The van der Waals surface area contributed by atoms with Crippen LogP contribution in [0.3, 0.4) is 0 Å². The van der Waals surface area contributed by atoms with E-state index >= 15 is 0 Å². The molecule has 0 N–H and O–H groups in total. The van der Waals surface area contributed by atoms with Gasteiger partial charge in [-0.3, -0.25) is 0 Å². The van der Waals surface area contributed by atoms with E-state index < -0.39 is 0 Å². The van der Waals surface area contributed by atoms with Gasteiger partial charge < -0.3 is 0 Å². The zero-order chi connectivity index (χ0) is 46.8. The van der Waals surface area contributed by atoms with E-state index in [0.29, 0.717) is 29.3 Å². The molecule has 6 aliphatic rings. The first-order chi connectivity index (χ1) is 35.0. The van der Waals surface area contributed by atoms with Crippen LogP contribution in [0.4, 0.5) is 0 Å². The van der Waals surface area contributed by atoms with E-state index in [0.717, 1.165) is 39.7 Å². The summed E-state index contributed by atoms with van der Waals surface area (Å²) in [5.41, 5.74) is 24.9. The van der Waals surface area contributed by atoms with Crippen LogP contribution in [0.2, 0.25) is 0 Å². The molecule has 0 aliphatic heterocycles. The van der Waals surface area contributed by atoms with Crippen molar-refractivity contribution in [2.75, 3.05) is 0 Å². The minimum Gasteiger partial charge on any atom is -0.208 e. The lowest BCUT2D eigenvalue weighted by molar-refractivity contribution is -0.0399. The summed E-state index contributed by atoms with van der Waals surface area (Å²) in [6.45, 7) is 2.26. The van der Waals surface area contributed by atoms with Gasteiger partial charge in [-0.15, -0.1) is 0 Å². The van der Waals surface area contributed by atoms with E-state index in [1.165, 1.54) is 104 Å². The summed E-state index contributed by atoms with van der Waals surface area (Å²) in [4.78, 5) is 15.8. The van der Waals surface area contributed by atoms with Gasteiger partial charge in [-0.05, 0) is 182 Å². The Morgan fingerprint density at radius 2 is 0.718 bits per heavy atom. The van der Waals surface area contributed by atoms with Crippen molar-refractivity contribution in [3.05, 3.63) is 223 Å². The van der Waals surface area contributed by atoms with E-state index in [1.807, 2.05) is 12.1 Å². The lowest BCUT2D eigenvalue weighted by atomic mass is 9.43. The Bertz CT molecular complexity index is 3700. The summed E-state index contributed by atoms with van der Waals surface area (Å²) >= 11 is 0. The van der Waals surface area contributed by atoms with Crippen molar-refractivity contribution in [3.63, 3.8) is 0 Å². The van der Waals surface area contributed by atoms with Crippen molar-refractivity contribution in [2.45, 2.75) is 44.4 Å². The molecule has 0 saturated heterocycles. The third-order valence-corrected chi connectivity index (χ3v) is 17.3. The molecule has 1 aromatic heterocycles. The van der Waals surface area contributed by atoms with Crippen LogP contribution in [0.1, 0.15) is 48.8 Å². The minimum atomic E-state index is 0.0592. The number of rotatable bonds is 5. The zero-order valence-corrected chi connectivity index (χ0v) is 39.8. The summed E-state index contributed by atoms with van der Waals surface area (Å²) < 4.78 is 0. The summed E-state index contributed by atoms with van der Waals surface area (Å²) in [5.74, 6) is 5.10. The highest BCUT2D eigenvalue weighted by molar-refractivity contribution is 6.04. The fraction of sp³-hybridized carbons (Fsp3) is 0.162. The highest BCUT2D eigenvalue weighted by Crippen LogP contribution is 2.69. The maximum absolute atomic E-state index is 5.33. The predicted molar refractivity (Wildman–Crippen MR) is 290 cm³/mol. The summed E-state index contributed by atoms with van der Waals surface area (Å²) in [5, 5.41) is 0. The Balaban J connectivity index is 0.965. The lowest BCUT2D eigenvalue weighted by Gasteiger charge is -2.61. The zero-order valence-electron chi connectivity index (χ0n) is 39.8. The lowest BCUT2D eigenvalue weighted by Crippen LogP contribution is -2.55. The molecule has 1 spiro atoms. The SMILES string of the molecule is Cc1ccc2c(c1)-c1ccc(-c3cc(-c4ccc5c(c4)-c4ccccc4-c4ccccc4-c4ccccc4-5)cc(-c4nc(-c5ccccc5)nc(-c5ccccc5)n4)c3)cc1C21C2CC3CC(C2)CC1C3. The summed E-state index contributed by atoms with van der Waals surface area (Å²) in [6.07, 6.45) is 6.86. The molecular formula is C68H51N3. The first kappa shape index (κ1) is 40.8. The Hall–Kier alpha value is -8.01. The van der Waals surface area contributed by atoms with Crippen LogP contribution in [-0.2, 0) is 5.41 Å². The third kappa shape index (κ3) is 6.31. The highest BCUT2D eigenvalue weighted by atomic mass is 15.0. The van der Waals surface area contributed by atoms with E-state index in [1.54, 1.807) is 11.1 Å². The quantitative estimate of drug-likeness (QED) is 0.173. The second-order valence-electron chi connectivity index (χ2n) is 21.2. The van der Waals surface area contributed by atoms with Gasteiger partial charge in [-0.2, -0.15) is 0 Å². The van der Waals surface area contributed by atoms with Gasteiger partial charge in [0.1, 0.15) is 0 Å².